The molecule has 1 aromatic rings. The van der Waals surface area contributed by atoms with Gasteiger partial charge in [-0.2, -0.15) is 11.8 Å². The average Bonchev–Trinajstić information content (AvgIpc) is 3.12. The van der Waals surface area contributed by atoms with E-state index in [9.17, 15) is 8.42 Å². The molecule has 1 aliphatic rings. The monoisotopic (exact) mass is 490 g/mol. The van der Waals surface area contributed by atoms with Crippen LogP contribution in [-0.4, -0.2) is 38.5 Å². The van der Waals surface area contributed by atoms with Crippen molar-refractivity contribution in [1.29, 1.82) is 0 Å². The molecule has 0 spiro atoms. The Morgan fingerprint density at radius 1 is 1.43 bits per heavy atom. The zero-order valence-electron chi connectivity index (χ0n) is 12.9. The molecule has 1 unspecified atom stereocenters. The van der Waals surface area contributed by atoms with Crippen molar-refractivity contribution in [3.05, 3.63) is 17.0 Å². The van der Waals surface area contributed by atoms with E-state index < -0.39 is 10.0 Å². The second-order valence-corrected chi connectivity index (χ2v) is 9.34. The van der Waals surface area contributed by atoms with Crippen molar-refractivity contribution >= 4 is 63.1 Å². The van der Waals surface area contributed by atoms with Crippen molar-refractivity contribution in [2.24, 2.45) is 10.1 Å². The predicted octanol–water partition coefficient (Wildman–Crippen LogP) is 1.96. The van der Waals surface area contributed by atoms with Gasteiger partial charge in [0.25, 0.3) is 0 Å². The summed E-state index contributed by atoms with van der Waals surface area (Å²) in [6, 6.07) is 3.28. The maximum absolute atomic E-state index is 11.3. The number of nitrogens with two attached hydrogens (primary N) is 1. The zero-order chi connectivity index (χ0) is 16.0. The maximum Gasteiger partial charge on any atom is 0.247 e. The van der Waals surface area contributed by atoms with Crippen LogP contribution in [-0.2, 0) is 16.6 Å². The molecule has 0 bridgehead atoms. The van der Waals surface area contributed by atoms with Gasteiger partial charge in [-0.3, -0.25) is 0 Å². The van der Waals surface area contributed by atoms with Crippen molar-refractivity contribution in [3.8, 4) is 0 Å². The van der Waals surface area contributed by atoms with Crippen molar-refractivity contribution in [2.45, 2.75) is 35.8 Å². The summed E-state index contributed by atoms with van der Waals surface area (Å²) < 4.78 is 22.7. The van der Waals surface area contributed by atoms with Gasteiger partial charge < -0.3 is 10.6 Å². The van der Waals surface area contributed by atoms with E-state index in [-0.39, 0.29) is 28.2 Å². The zero-order valence-corrected chi connectivity index (χ0v) is 17.7. The number of sulfonamides is 1. The van der Waals surface area contributed by atoms with E-state index in [2.05, 4.69) is 15.6 Å². The molecule has 1 saturated heterocycles. The first-order valence-electron chi connectivity index (χ1n) is 7.24. The topological polar surface area (TPSA) is 96.6 Å². The Kier molecular flexibility index (Phi) is 9.19. The molecular formula is C13H23IN4O2S3. The second-order valence-electron chi connectivity index (χ2n) is 4.98. The summed E-state index contributed by atoms with van der Waals surface area (Å²) in [5, 5.41) is 12.3. The highest BCUT2D eigenvalue weighted by Crippen LogP contribution is 2.25. The lowest BCUT2D eigenvalue weighted by Crippen LogP contribution is -2.40. The SMILES string of the molecule is CCNC(=NCc1ccc(S(N)(=O)=O)s1)NCC1CCCS1.I. The van der Waals surface area contributed by atoms with Gasteiger partial charge in [0.2, 0.25) is 10.0 Å². The summed E-state index contributed by atoms with van der Waals surface area (Å²) in [4.78, 5) is 5.37. The van der Waals surface area contributed by atoms with Gasteiger partial charge in [-0.05, 0) is 37.7 Å². The summed E-state index contributed by atoms with van der Waals surface area (Å²) in [5.41, 5.74) is 0. The second kappa shape index (κ2) is 10.1. The van der Waals surface area contributed by atoms with Crippen LogP contribution in [0.4, 0.5) is 0 Å². The maximum atomic E-state index is 11.3. The molecule has 2 rings (SSSR count). The van der Waals surface area contributed by atoms with E-state index in [0.717, 1.165) is 35.3 Å². The Labute approximate surface area is 163 Å². The standard InChI is InChI=1S/C13H22N4O2S3.HI/c1-2-15-13(16-8-10-4-3-7-20-10)17-9-11-5-6-12(21-11)22(14,18)19;/h5-6,10H,2-4,7-9H2,1H3,(H2,14,18,19)(H2,15,16,17);1H. The molecule has 0 aliphatic carbocycles. The molecule has 23 heavy (non-hydrogen) atoms. The summed E-state index contributed by atoms with van der Waals surface area (Å²) in [7, 11) is -3.62. The number of primary sulfonamides is 1. The molecule has 1 atom stereocenters. The van der Waals surface area contributed by atoms with Gasteiger partial charge >= 0.3 is 0 Å². The molecule has 6 nitrogen and oxygen atoms in total. The number of rotatable bonds is 6. The van der Waals surface area contributed by atoms with Crippen LogP contribution in [0.3, 0.4) is 0 Å². The van der Waals surface area contributed by atoms with Crippen molar-refractivity contribution in [3.63, 3.8) is 0 Å². The summed E-state index contributed by atoms with van der Waals surface area (Å²) >= 11 is 3.16. The molecular weight excluding hydrogens is 467 g/mol. The van der Waals surface area contributed by atoms with Gasteiger partial charge in [-0.1, -0.05) is 0 Å². The Bertz CT molecular complexity index is 612. The van der Waals surface area contributed by atoms with Crippen LogP contribution in [0, 0.1) is 0 Å². The third-order valence-electron chi connectivity index (χ3n) is 3.18. The first-order chi connectivity index (χ1) is 10.5. The highest BCUT2D eigenvalue weighted by Gasteiger charge is 2.15. The number of hydrogen-bond acceptors (Lipinski definition) is 5. The minimum absolute atomic E-state index is 0. The quantitative estimate of drug-likeness (QED) is 0.322. The third-order valence-corrected chi connectivity index (χ3v) is 7.08. The van der Waals surface area contributed by atoms with Crippen LogP contribution in [0.5, 0.6) is 0 Å². The minimum atomic E-state index is -3.62. The van der Waals surface area contributed by atoms with E-state index in [4.69, 9.17) is 5.14 Å². The molecule has 4 N–H and O–H groups in total. The molecule has 0 aromatic carbocycles. The number of nitrogens with zero attached hydrogens (tertiary/aromatic N) is 1. The normalized spacial score (nSPS) is 18.5. The van der Waals surface area contributed by atoms with E-state index in [1.165, 1.54) is 24.7 Å². The van der Waals surface area contributed by atoms with Gasteiger partial charge in [-0.25, -0.2) is 18.5 Å². The molecule has 132 valence electrons. The Morgan fingerprint density at radius 3 is 2.78 bits per heavy atom. The van der Waals surface area contributed by atoms with Gasteiger partial charge in [0.15, 0.2) is 5.96 Å². The lowest BCUT2D eigenvalue weighted by molar-refractivity contribution is 0.600. The molecule has 0 saturated carbocycles. The van der Waals surface area contributed by atoms with Crippen LogP contribution in [0.2, 0.25) is 0 Å². The van der Waals surface area contributed by atoms with Crippen molar-refractivity contribution in [1.82, 2.24) is 10.6 Å². The molecule has 0 radical (unpaired) electrons. The number of aliphatic imine (C=N–C) groups is 1. The van der Waals surface area contributed by atoms with E-state index in [1.54, 1.807) is 6.07 Å². The summed E-state index contributed by atoms with van der Waals surface area (Å²) in [6.45, 7) is 4.15. The fraction of sp³-hybridized carbons (Fsp3) is 0.615. The van der Waals surface area contributed by atoms with E-state index >= 15 is 0 Å². The lowest BCUT2D eigenvalue weighted by atomic mass is 10.2. The first kappa shape index (κ1) is 21.0. The third kappa shape index (κ3) is 7.16. The largest absolute Gasteiger partial charge is 0.357 e. The van der Waals surface area contributed by atoms with Gasteiger partial charge in [0.1, 0.15) is 4.21 Å². The number of guanidine groups is 1. The summed E-state index contributed by atoms with van der Waals surface area (Å²) in [6.07, 6.45) is 2.54. The van der Waals surface area contributed by atoms with E-state index in [0.29, 0.717) is 11.8 Å². The fourth-order valence-electron chi connectivity index (χ4n) is 2.11. The molecule has 1 fully saturated rings. The molecule has 2 heterocycles. The average molecular weight is 490 g/mol. The van der Waals surface area contributed by atoms with E-state index in [1.807, 2.05) is 18.7 Å². The van der Waals surface area contributed by atoms with Gasteiger partial charge in [-0.15, -0.1) is 35.3 Å². The molecule has 1 aromatic heterocycles. The number of hydrogen-bond donors (Lipinski definition) is 3. The smallest absolute Gasteiger partial charge is 0.247 e. The lowest BCUT2D eigenvalue weighted by Gasteiger charge is -2.14. The number of thiophene rings is 1. The molecule has 0 amide bonds. The Hall–Kier alpha value is -0.0400. The van der Waals surface area contributed by atoms with Gasteiger partial charge in [0, 0.05) is 23.2 Å². The fourth-order valence-corrected chi connectivity index (χ4v) is 5.02. The summed E-state index contributed by atoms with van der Waals surface area (Å²) in [5.74, 6) is 2.01. The molecule has 1 aliphatic heterocycles. The van der Waals surface area contributed by atoms with Crippen LogP contribution in [0.25, 0.3) is 0 Å². The number of halogens is 1. The van der Waals surface area contributed by atoms with Crippen molar-refractivity contribution in [2.75, 3.05) is 18.8 Å². The molecule has 10 heteroatoms. The first-order valence-corrected chi connectivity index (χ1v) is 10.7. The van der Waals surface area contributed by atoms with Crippen LogP contribution in [0.1, 0.15) is 24.6 Å². The Morgan fingerprint density at radius 2 is 2.22 bits per heavy atom. The number of nitrogens with one attached hydrogen (secondary N) is 2. The Balaban J connectivity index is 0.00000264. The highest BCUT2D eigenvalue weighted by molar-refractivity contribution is 14.0. The van der Waals surface area contributed by atoms with Crippen LogP contribution < -0.4 is 15.8 Å². The van der Waals surface area contributed by atoms with Gasteiger partial charge in [0.05, 0.1) is 6.54 Å². The van der Waals surface area contributed by atoms with Crippen molar-refractivity contribution < 1.29 is 8.42 Å². The number of thioether (sulfide) groups is 1. The van der Waals surface area contributed by atoms with Crippen LogP contribution >= 0.6 is 47.1 Å². The minimum Gasteiger partial charge on any atom is -0.357 e. The highest BCUT2D eigenvalue weighted by atomic mass is 127. The predicted molar refractivity (Wildman–Crippen MR) is 109 cm³/mol. The van der Waals surface area contributed by atoms with Crippen LogP contribution in [0.15, 0.2) is 21.3 Å².